The molecule has 2 aromatic carbocycles. The van der Waals surface area contributed by atoms with Gasteiger partial charge in [0.15, 0.2) is 12.4 Å². The number of fused-ring (bicyclic) bond motifs is 1. The van der Waals surface area contributed by atoms with Crippen molar-refractivity contribution in [1.82, 2.24) is 0 Å². The molecule has 0 amide bonds. The standard InChI is InChI=1S/C17H9Cl2N2O3S2.C7H10N2/c1-9-6-15-14(7-13(9)19)25-17(21-26(15,23)24)12(8-20)16(22)10-2-4-11(18)5-3-10;1-9(2)7-3-5-8-6-4-7/h2-7H,1H3;3-6H,1-2H3/q-1;/p+1. The summed E-state index contributed by atoms with van der Waals surface area (Å²) in [4.78, 5) is 18.0. The summed E-state index contributed by atoms with van der Waals surface area (Å²) in [6, 6.07) is 12.9. The summed E-state index contributed by atoms with van der Waals surface area (Å²) >= 11 is 12.8. The number of aromatic amines is 1. The summed E-state index contributed by atoms with van der Waals surface area (Å²) in [6.45, 7) is 1.68. The average Bonchev–Trinajstić information content (AvgIpc) is 2.82. The second kappa shape index (κ2) is 11.2. The fourth-order valence-corrected chi connectivity index (χ4v) is 5.98. The van der Waals surface area contributed by atoms with E-state index in [0.717, 1.165) is 11.8 Å². The molecule has 0 atom stereocenters. The molecule has 1 aromatic heterocycles. The Labute approximate surface area is 218 Å². The van der Waals surface area contributed by atoms with Crippen LogP contribution in [-0.2, 0) is 10.0 Å². The number of thioether (sulfide) groups is 1. The zero-order chi connectivity index (χ0) is 25.8. The van der Waals surface area contributed by atoms with Gasteiger partial charge in [-0.2, -0.15) is 12.8 Å². The van der Waals surface area contributed by atoms with Gasteiger partial charge in [0.1, 0.15) is 9.94 Å². The lowest BCUT2D eigenvalue weighted by Crippen LogP contribution is -2.17. The number of H-pyrrole nitrogens is 1. The number of hydrogen-bond donors (Lipinski definition) is 0. The van der Waals surface area contributed by atoms with Crippen LogP contribution < -0.4 is 9.88 Å². The Balaban J connectivity index is 0.000000320. The lowest BCUT2D eigenvalue weighted by molar-refractivity contribution is -0.377. The van der Waals surface area contributed by atoms with Crippen LogP contribution in [0.1, 0.15) is 15.9 Å². The van der Waals surface area contributed by atoms with Gasteiger partial charge in [0, 0.05) is 52.4 Å². The third-order valence-electron chi connectivity index (χ3n) is 4.79. The molecule has 0 bridgehead atoms. The molecule has 0 aliphatic carbocycles. The van der Waals surface area contributed by atoms with Crippen molar-refractivity contribution in [3.63, 3.8) is 0 Å². The van der Waals surface area contributed by atoms with Crippen LogP contribution >= 0.6 is 35.0 Å². The largest absolute Gasteiger partial charge is 0.763 e. The first-order valence-electron chi connectivity index (χ1n) is 10.1. The highest BCUT2D eigenvalue weighted by Gasteiger charge is 2.30. The molecule has 0 unspecified atom stereocenters. The van der Waals surface area contributed by atoms with E-state index in [1.165, 1.54) is 42.1 Å². The van der Waals surface area contributed by atoms with Crippen molar-refractivity contribution in [3.8, 4) is 0 Å². The zero-order valence-electron chi connectivity index (χ0n) is 18.9. The maximum absolute atomic E-state index is 12.6. The van der Waals surface area contributed by atoms with Gasteiger partial charge in [-0.05, 0) is 48.9 Å². The van der Waals surface area contributed by atoms with Gasteiger partial charge in [-0.25, -0.2) is 4.98 Å². The number of ketones is 1. The normalized spacial score (nSPS) is 13.3. The van der Waals surface area contributed by atoms with Crippen molar-refractivity contribution >= 4 is 67.4 Å². The van der Waals surface area contributed by atoms with Crippen LogP contribution in [0.5, 0.6) is 0 Å². The van der Waals surface area contributed by atoms with Crippen LogP contribution in [0.3, 0.4) is 0 Å². The number of benzene rings is 2. The van der Waals surface area contributed by atoms with Gasteiger partial charge in [0.05, 0.1) is 5.57 Å². The van der Waals surface area contributed by atoms with Crippen LogP contribution in [0.2, 0.25) is 10.0 Å². The molecular weight excluding hydrogens is 527 g/mol. The number of pyridine rings is 1. The first kappa shape index (κ1) is 26.7. The topological polar surface area (TPSA) is 103 Å². The maximum atomic E-state index is 12.6. The minimum Gasteiger partial charge on any atom is -0.763 e. The van der Waals surface area contributed by atoms with Gasteiger partial charge >= 0.3 is 0 Å². The van der Waals surface area contributed by atoms with E-state index in [-0.39, 0.29) is 21.1 Å². The van der Waals surface area contributed by atoms with E-state index < -0.39 is 15.8 Å². The van der Waals surface area contributed by atoms with E-state index in [1.807, 2.05) is 38.6 Å². The van der Waals surface area contributed by atoms with Crippen LogP contribution in [0, 0.1) is 6.92 Å². The van der Waals surface area contributed by atoms with E-state index in [0.29, 0.717) is 20.5 Å². The molecule has 3 aromatic rings. The Bertz CT molecular complexity index is 1450. The molecule has 0 spiro atoms. The van der Waals surface area contributed by atoms with Gasteiger partial charge in [-0.3, -0.25) is 10.7 Å². The van der Waals surface area contributed by atoms with E-state index in [2.05, 4.69) is 14.3 Å². The fraction of sp³-hybridized carbons (Fsp3) is 0.125. The monoisotopic (exact) mass is 546 g/mol. The molecule has 0 fully saturated rings. The molecule has 180 valence electrons. The number of anilines is 1. The lowest BCUT2D eigenvalue weighted by Gasteiger charge is -2.18. The highest BCUT2D eigenvalue weighted by molar-refractivity contribution is 8.16. The number of hydrogen-bond acceptors (Lipinski definition) is 5. The highest BCUT2D eigenvalue weighted by atomic mass is 35.5. The number of carbonyl (C=O) groups excluding carboxylic acids is 1. The van der Waals surface area contributed by atoms with Gasteiger partial charge < -0.3 is 10.3 Å². The highest BCUT2D eigenvalue weighted by Crippen LogP contribution is 2.39. The van der Waals surface area contributed by atoms with Crippen LogP contribution in [0.4, 0.5) is 5.69 Å². The molecule has 7 nitrogen and oxygen atoms in total. The number of aromatic nitrogens is 1. The molecule has 0 saturated carbocycles. The number of nitrogens with one attached hydrogen (secondary N) is 1. The Morgan fingerprint density at radius 1 is 1.09 bits per heavy atom. The van der Waals surface area contributed by atoms with Gasteiger partial charge in [-0.15, -0.1) is 0 Å². The first-order chi connectivity index (χ1) is 16.5. The molecule has 11 heteroatoms. The smallest absolute Gasteiger partial charge is 0.284 e. The predicted octanol–water partition coefficient (Wildman–Crippen LogP) is 5.11. The van der Waals surface area contributed by atoms with Crippen molar-refractivity contribution < 1.29 is 18.2 Å². The summed E-state index contributed by atoms with van der Waals surface area (Å²) in [5, 5.41) is 10.1. The first-order valence-corrected chi connectivity index (χ1v) is 13.1. The summed E-state index contributed by atoms with van der Waals surface area (Å²) in [5.41, 5.74) is 1.66. The van der Waals surface area contributed by atoms with Crippen molar-refractivity contribution in [3.05, 3.63) is 93.1 Å². The molecule has 35 heavy (non-hydrogen) atoms. The molecule has 2 heterocycles. The Morgan fingerprint density at radius 3 is 2.26 bits per heavy atom. The van der Waals surface area contributed by atoms with Crippen molar-refractivity contribution in [2.45, 2.75) is 16.7 Å². The Hall–Kier alpha value is -2.94. The molecule has 0 radical (unpaired) electrons. The number of Topliss-reactive ketones (excluding diaryl/α,β-unsaturated/α-hetero) is 1. The van der Waals surface area contributed by atoms with Gasteiger partial charge in [-0.1, -0.05) is 35.0 Å². The summed E-state index contributed by atoms with van der Waals surface area (Å²) in [6.07, 6.45) is 3.82. The lowest BCUT2D eigenvalue weighted by atomic mass is 10.1. The van der Waals surface area contributed by atoms with Gasteiger partial charge in [0.2, 0.25) is 5.78 Å². The van der Waals surface area contributed by atoms with E-state index in [9.17, 15) is 18.6 Å². The van der Waals surface area contributed by atoms with E-state index in [4.69, 9.17) is 23.2 Å². The average molecular weight is 547 g/mol. The quantitative estimate of drug-likeness (QED) is 0.257. The van der Waals surface area contributed by atoms with Gasteiger partial charge in [0.25, 0.3) is 10.0 Å². The fourth-order valence-electron chi connectivity index (χ4n) is 2.91. The summed E-state index contributed by atoms with van der Waals surface area (Å²) in [5.74, 6) is 1.13. The third-order valence-corrected chi connectivity index (χ3v) is 8.06. The number of rotatable bonds is 4. The van der Waals surface area contributed by atoms with Crippen molar-refractivity contribution in [2.24, 2.45) is 4.40 Å². The van der Waals surface area contributed by atoms with E-state index in [1.54, 1.807) is 12.8 Å². The number of nitrogens with zero attached hydrogens (tertiary/aromatic N) is 3. The summed E-state index contributed by atoms with van der Waals surface area (Å²) in [7, 11) is 0.00148. The second-order valence-electron chi connectivity index (χ2n) is 7.50. The minimum absolute atomic E-state index is 0.00406. The Morgan fingerprint density at radius 2 is 1.71 bits per heavy atom. The molecule has 4 rings (SSSR count). The van der Waals surface area contributed by atoms with Crippen LogP contribution in [-0.4, -0.2) is 39.2 Å². The SMILES string of the molecule is CN(C)c1cc[nH+]cc1.Cc1cc2c(cc1Cl)SC(C(=C=[N-])C(=O)c1ccc(Cl)cc1)=NS2(=O)=O. The molecule has 1 N–H and O–H groups in total. The predicted molar refractivity (Wildman–Crippen MR) is 142 cm³/mol. The number of aryl methyl sites for hydroxylation is 1. The second-order valence-corrected chi connectivity index (χ2v) is 10.9. The van der Waals surface area contributed by atoms with Crippen molar-refractivity contribution in [1.29, 1.82) is 0 Å². The minimum atomic E-state index is -4.04. The number of halogens is 2. The molecule has 1 aliphatic rings. The van der Waals surface area contributed by atoms with E-state index >= 15 is 0 Å². The number of sulfonamides is 1. The molecule has 0 saturated heterocycles. The molecule has 1 aliphatic heterocycles. The number of carbonyl (C=O) groups is 1. The Kier molecular flexibility index (Phi) is 8.53. The third kappa shape index (κ3) is 6.39. The maximum Gasteiger partial charge on any atom is 0.284 e. The molecular formula is C24H20Cl2N4O3S2. The summed E-state index contributed by atoms with van der Waals surface area (Å²) < 4.78 is 28.6. The van der Waals surface area contributed by atoms with Crippen molar-refractivity contribution in [2.75, 3.05) is 19.0 Å². The van der Waals surface area contributed by atoms with Crippen LogP contribution in [0.25, 0.3) is 5.41 Å². The zero-order valence-corrected chi connectivity index (χ0v) is 22.1. The van der Waals surface area contributed by atoms with Crippen LogP contribution in [0.15, 0.2) is 80.7 Å².